The molecule has 0 aliphatic heterocycles. The Morgan fingerprint density at radius 2 is 1.88 bits per heavy atom. The monoisotopic (exact) mass is 272 g/mol. The molecule has 90 valence electrons. The number of rotatable bonds is 2. The summed E-state index contributed by atoms with van der Waals surface area (Å²) in [6.45, 7) is 0. The molecule has 0 aliphatic carbocycles. The lowest BCUT2D eigenvalue weighted by molar-refractivity contribution is 0.431. The van der Waals surface area contributed by atoms with Crippen LogP contribution in [0.3, 0.4) is 0 Å². The fourth-order valence-electron chi connectivity index (χ4n) is 1.28. The van der Waals surface area contributed by atoms with Gasteiger partial charge in [0.2, 0.25) is 0 Å². The lowest BCUT2D eigenvalue weighted by Crippen LogP contribution is -2.10. The van der Waals surface area contributed by atoms with Gasteiger partial charge in [-0.1, -0.05) is 23.2 Å². The first-order valence-electron chi connectivity index (χ1n) is 4.75. The number of aromatic nitrogens is 2. The smallest absolute Gasteiger partial charge is 0.265 e. The highest BCUT2D eigenvalue weighted by atomic mass is 35.5. The maximum Gasteiger partial charge on any atom is 0.265 e. The zero-order valence-electron chi connectivity index (χ0n) is 9.24. The number of nitrogens with two attached hydrogens (primary N) is 1. The molecule has 0 amide bonds. The summed E-state index contributed by atoms with van der Waals surface area (Å²) in [4.78, 5) is 5.88. The molecular formula is C10H10Cl2N4O. The van der Waals surface area contributed by atoms with Crippen LogP contribution in [0.25, 0.3) is 11.5 Å². The number of nitrogens with zero attached hydrogens (tertiary/aromatic N) is 3. The molecule has 0 radical (unpaired) electrons. The zero-order chi connectivity index (χ0) is 12.6. The molecule has 0 fully saturated rings. The Bertz CT molecular complexity index is 553. The average Bonchev–Trinajstić information content (AvgIpc) is 2.73. The molecule has 5 nitrogen and oxygen atoms in total. The van der Waals surface area contributed by atoms with Crippen LogP contribution >= 0.6 is 23.2 Å². The number of anilines is 2. The van der Waals surface area contributed by atoms with Gasteiger partial charge in [0.1, 0.15) is 0 Å². The summed E-state index contributed by atoms with van der Waals surface area (Å²) in [5, 5.41) is 4.60. The van der Waals surface area contributed by atoms with Crippen LogP contribution in [0.5, 0.6) is 0 Å². The third-order valence-electron chi connectivity index (χ3n) is 2.17. The Balaban J connectivity index is 2.56. The van der Waals surface area contributed by atoms with E-state index in [9.17, 15) is 0 Å². The molecule has 0 spiro atoms. The maximum absolute atomic E-state index is 6.04. The number of nitrogen functional groups attached to an aromatic ring is 1. The van der Waals surface area contributed by atoms with Crippen LogP contribution in [-0.4, -0.2) is 24.2 Å². The van der Waals surface area contributed by atoms with Gasteiger partial charge in [0.25, 0.3) is 11.8 Å². The number of benzene rings is 1. The van der Waals surface area contributed by atoms with Gasteiger partial charge in [-0.25, -0.2) is 0 Å². The van der Waals surface area contributed by atoms with Crippen molar-refractivity contribution in [2.24, 2.45) is 0 Å². The third-order valence-corrected chi connectivity index (χ3v) is 2.82. The van der Waals surface area contributed by atoms with Gasteiger partial charge in [0.05, 0.1) is 21.3 Å². The molecule has 2 aromatic rings. The van der Waals surface area contributed by atoms with Crippen molar-refractivity contribution in [3.8, 4) is 11.5 Å². The number of hydrogen-bond acceptors (Lipinski definition) is 5. The van der Waals surface area contributed by atoms with Crippen molar-refractivity contribution in [3.63, 3.8) is 0 Å². The Morgan fingerprint density at radius 1 is 1.24 bits per heavy atom. The van der Waals surface area contributed by atoms with Gasteiger partial charge in [0.15, 0.2) is 0 Å². The van der Waals surface area contributed by atoms with Crippen molar-refractivity contribution >= 4 is 34.8 Å². The van der Waals surface area contributed by atoms with E-state index in [2.05, 4.69) is 10.1 Å². The quantitative estimate of drug-likeness (QED) is 0.852. The number of hydrogen-bond donors (Lipinski definition) is 1. The van der Waals surface area contributed by atoms with E-state index in [0.717, 1.165) is 0 Å². The van der Waals surface area contributed by atoms with Crippen LogP contribution in [0.2, 0.25) is 10.0 Å². The second-order valence-corrected chi connectivity index (χ2v) is 4.43. The topological polar surface area (TPSA) is 68.2 Å². The molecule has 0 aliphatic rings. The highest BCUT2D eigenvalue weighted by Gasteiger charge is 2.18. The second kappa shape index (κ2) is 4.43. The summed E-state index contributed by atoms with van der Waals surface area (Å²) in [5.74, 6) is 0.689. The molecule has 1 aromatic heterocycles. The standard InChI is InChI=1S/C10H10Cl2N4O/c1-16(2)10-14-9(17-15-10)7-5(11)3-4-6(12)8(7)13/h3-4H,13H2,1-2H3. The second-order valence-electron chi connectivity index (χ2n) is 3.61. The minimum atomic E-state index is 0.249. The predicted octanol–water partition coefficient (Wildman–Crippen LogP) is 2.69. The molecule has 0 unspecified atom stereocenters. The fraction of sp³-hybridized carbons (Fsp3) is 0.200. The van der Waals surface area contributed by atoms with Gasteiger partial charge < -0.3 is 15.2 Å². The highest BCUT2D eigenvalue weighted by molar-refractivity contribution is 6.37. The molecule has 0 saturated heterocycles. The van der Waals surface area contributed by atoms with Crippen molar-refractivity contribution in [3.05, 3.63) is 22.2 Å². The molecule has 7 heteroatoms. The fourth-order valence-corrected chi connectivity index (χ4v) is 1.69. The first-order valence-corrected chi connectivity index (χ1v) is 5.51. The average molecular weight is 273 g/mol. The zero-order valence-corrected chi connectivity index (χ0v) is 10.7. The lowest BCUT2D eigenvalue weighted by atomic mass is 10.2. The molecule has 0 saturated carbocycles. The maximum atomic E-state index is 6.04. The van der Waals surface area contributed by atoms with Gasteiger partial charge in [-0.05, 0) is 17.3 Å². The van der Waals surface area contributed by atoms with E-state index < -0.39 is 0 Å². The first kappa shape index (κ1) is 12.0. The molecule has 2 rings (SSSR count). The summed E-state index contributed by atoms with van der Waals surface area (Å²) < 4.78 is 5.10. The van der Waals surface area contributed by atoms with Crippen molar-refractivity contribution in [2.45, 2.75) is 0 Å². The highest BCUT2D eigenvalue weighted by Crippen LogP contribution is 2.37. The summed E-state index contributed by atoms with van der Waals surface area (Å²) in [6.07, 6.45) is 0. The van der Waals surface area contributed by atoms with Gasteiger partial charge in [-0.2, -0.15) is 4.98 Å². The first-order chi connectivity index (χ1) is 8.00. The van der Waals surface area contributed by atoms with E-state index in [0.29, 0.717) is 27.2 Å². The van der Waals surface area contributed by atoms with E-state index in [1.165, 1.54) is 0 Å². The van der Waals surface area contributed by atoms with Crippen molar-refractivity contribution < 1.29 is 4.52 Å². The van der Waals surface area contributed by atoms with Gasteiger partial charge in [0, 0.05) is 14.1 Å². The van der Waals surface area contributed by atoms with E-state index >= 15 is 0 Å². The molecular weight excluding hydrogens is 263 g/mol. The predicted molar refractivity (Wildman–Crippen MR) is 68.5 cm³/mol. The molecule has 2 N–H and O–H groups in total. The molecule has 1 heterocycles. The summed E-state index contributed by atoms with van der Waals surface area (Å²) in [5.41, 5.74) is 6.63. The number of halogens is 2. The van der Waals surface area contributed by atoms with Crippen LogP contribution in [-0.2, 0) is 0 Å². The Labute approximate surface area is 108 Å². The minimum Gasteiger partial charge on any atom is -0.397 e. The van der Waals surface area contributed by atoms with Crippen molar-refractivity contribution in [1.82, 2.24) is 10.1 Å². The van der Waals surface area contributed by atoms with E-state index in [1.807, 2.05) is 0 Å². The van der Waals surface area contributed by atoms with Crippen LogP contribution < -0.4 is 10.6 Å². The van der Waals surface area contributed by atoms with Crippen LogP contribution in [0.15, 0.2) is 16.7 Å². The van der Waals surface area contributed by atoms with Crippen LogP contribution in [0.4, 0.5) is 11.6 Å². The summed E-state index contributed by atoms with van der Waals surface area (Å²) >= 11 is 12.0. The van der Waals surface area contributed by atoms with Crippen molar-refractivity contribution in [1.29, 1.82) is 0 Å². The van der Waals surface area contributed by atoms with Crippen molar-refractivity contribution in [2.75, 3.05) is 24.7 Å². The molecule has 1 aromatic carbocycles. The normalized spacial score (nSPS) is 10.6. The van der Waals surface area contributed by atoms with Gasteiger partial charge >= 0.3 is 0 Å². The Hall–Kier alpha value is -1.46. The summed E-state index contributed by atoms with van der Waals surface area (Å²) in [6, 6.07) is 3.25. The largest absolute Gasteiger partial charge is 0.397 e. The van der Waals surface area contributed by atoms with Crippen LogP contribution in [0.1, 0.15) is 0 Å². The SMILES string of the molecule is CN(C)c1noc(-c2c(Cl)ccc(Cl)c2N)n1. The Morgan fingerprint density at radius 3 is 2.47 bits per heavy atom. The molecule has 0 atom stereocenters. The Kier molecular flexibility index (Phi) is 3.13. The van der Waals surface area contributed by atoms with Gasteiger partial charge in [-0.15, -0.1) is 0 Å². The van der Waals surface area contributed by atoms with Crippen LogP contribution in [0, 0.1) is 0 Å². The molecule has 17 heavy (non-hydrogen) atoms. The van der Waals surface area contributed by atoms with E-state index in [-0.39, 0.29) is 5.89 Å². The van der Waals surface area contributed by atoms with E-state index in [4.69, 9.17) is 33.5 Å². The van der Waals surface area contributed by atoms with Gasteiger partial charge in [-0.3, -0.25) is 0 Å². The lowest BCUT2D eigenvalue weighted by Gasteiger charge is -2.05. The third kappa shape index (κ3) is 2.16. The minimum absolute atomic E-state index is 0.249. The molecule has 0 bridgehead atoms. The van der Waals surface area contributed by atoms with E-state index in [1.54, 1.807) is 31.1 Å². The summed E-state index contributed by atoms with van der Waals surface area (Å²) in [7, 11) is 3.61.